The first-order chi connectivity index (χ1) is 10.9. The topological polar surface area (TPSA) is 62.1 Å². The number of benzene rings is 1. The molecule has 5 heteroatoms. The van der Waals surface area contributed by atoms with Crippen LogP contribution < -0.4 is 0 Å². The van der Waals surface area contributed by atoms with Crippen LogP contribution in [0.3, 0.4) is 0 Å². The van der Waals surface area contributed by atoms with Gasteiger partial charge in [0.25, 0.3) is 0 Å². The third-order valence-corrected chi connectivity index (χ3v) is 3.17. The Hall–Kier alpha value is -2.82. The van der Waals surface area contributed by atoms with Crippen LogP contribution in [0.1, 0.15) is 22.8 Å². The molecule has 0 aliphatic heterocycles. The summed E-state index contributed by atoms with van der Waals surface area (Å²) in [5.74, 6) is -0.333. The predicted molar refractivity (Wildman–Crippen MR) is 92.4 cm³/mol. The zero-order valence-electron chi connectivity index (χ0n) is 13.7. The Morgan fingerprint density at radius 2 is 2.04 bits per heavy atom. The molecule has 23 heavy (non-hydrogen) atoms. The van der Waals surface area contributed by atoms with Crippen molar-refractivity contribution in [3.05, 3.63) is 71.7 Å². The molecule has 0 fully saturated rings. The fraction of sp³-hybridized carbons (Fsp3) is 0.222. The molecular formula is C18H22N2O3. The number of hydrogen-bond acceptors (Lipinski definition) is 4. The average molecular weight is 314 g/mol. The summed E-state index contributed by atoms with van der Waals surface area (Å²) in [6, 6.07) is 6.76. The van der Waals surface area contributed by atoms with E-state index in [-0.39, 0.29) is 5.56 Å². The lowest BCUT2D eigenvalue weighted by Gasteiger charge is -2.12. The standard InChI is InChI=1S/C18H22N2O3/c1-14(6-5-7-15(2)23-4)20(3)19-13-12-16-8-10-17(11-9-16)18(21)22/h5-11,13H,2,12H2,1,3-4H3,(H,21,22)/b7-5-,14-6+,19-13-. The number of hydrogen-bond donors (Lipinski definition) is 1. The first kappa shape index (κ1) is 18.2. The highest BCUT2D eigenvalue weighted by atomic mass is 16.5. The van der Waals surface area contributed by atoms with Crippen molar-refractivity contribution in [3.63, 3.8) is 0 Å². The number of rotatable bonds is 8. The molecule has 0 heterocycles. The number of carboxylic acid groups (broad SMARTS) is 1. The van der Waals surface area contributed by atoms with Crippen molar-refractivity contribution in [1.82, 2.24) is 5.01 Å². The van der Waals surface area contributed by atoms with Crippen LogP contribution in [0.5, 0.6) is 0 Å². The van der Waals surface area contributed by atoms with Gasteiger partial charge in [-0.15, -0.1) is 0 Å². The molecular weight excluding hydrogens is 292 g/mol. The summed E-state index contributed by atoms with van der Waals surface area (Å²) in [7, 11) is 3.43. The average Bonchev–Trinajstić information content (AvgIpc) is 2.54. The number of carbonyl (C=O) groups is 1. The number of carboxylic acids is 1. The van der Waals surface area contributed by atoms with Crippen LogP contribution in [0.15, 0.2) is 65.6 Å². The molecule has 0 aliphatic carbocycles. The van der Waals surface area contributed by atoms with Gasteiger partial charge in [-0.05, 0) is 36.8 Å². The highest BCUT2D eigenvalue weighted by Gasteiger charge is 2.01. The number of nitrogens with zero attached hydrogens (tertiary/aromatic N) is 2. The first-order valence-electron chi connectivity index (χ1n) is 7.10. The molecule has 122 valence electrons. The molecule has 1 N–H and O–H groups in total. The lowest BCUT2D eigenvalue weighted by atomic mass is 10.1. The molecule has 0 unspecified atom stereocenters. The van der Waals surface area contributed by atoms with Gasteiger partial charge in [0.2, 0.25) is 0 Å². The van der Waals surface area contributed by atoms with E-state index in [0.29, 0.717) is 12.2 Å². The van der Waals surface area contributed by atoms with Crippen LogP contribution in [-0.4, -0.2) is 36.5 Å². The lowest BCUT2D eigenvalue weighted by molar-refractivity contribution is 0.0697. The van der Waals surface area contributed by atoms with Crippen molar-refractivity contribution in [2.45, 2.75) is 13.3 Å². The van der Waals surface area contributed by atoms with Gasteiger partial charge in [0, 0.05) is 25.4 Å². The molecule has 0 amide bonds. The summed E-state index contributed by atoms with van der Waals surface area (Å²) in [5.41, 5.74) is 2.25. The largest absolute Gasteiger partial charge is 0.497 e. The summed E-state index contributed by atoms with van der Waals surface area (Å²) in [6.45, 7) is 5.64. The van der Waals surface area contributed by atoms with Crippen LogP contribution in [0.25, 0.3) is 0 Å². The van der Waals surface area contributed by atoms with Crippen LogP contribution in [-0.2, 0) is 11.2 Å². The molecule has 5 nitrogen and oxygen atoms in total. The summed E-state index contributed by atoms with van der Waals surface area (Å²) in [4.78, 5) is 10.8. The van der Waals surface area contributed by atoms with Crippen molar-refractivity contribution >= 4 is 12.2 Å². The van der Waals surface area contributed by atoms with Crippen LogP contribution in [0, 0.1) is 0 Å². The Morgan fingerprint density at radius 3 is 2.61 bits per heavy atom. The van der Waals surface area contributed by atoms with Crippen molar-refractivity contribution in [1.29, 1.82) is 0 Å². The van der Waals surface area contributed by atoms with Gasteiger partial charge in [-0.25, -0.2) is 4.79 Å². The molecule has 0 atom stereocenters. The van der Waals surface area contributed by atoms with E-state index in [0.717, 1.165) is 11.3 Å². The third kappa shape index (κ3) is 6.65. The number of methoxy groups -OCH3 is 1. The third-order valence-electron chi connectivity index (χ3n) is 3.17. The minimum atomic E-state index is -0.921. The summed E-state index contributed by atoms with van der Waals surface area (Å²) >= 11 is 0. The molecule has 0 spiro atoms. The maximum Gasteiger partial charge on any atom is 0.335 e. The van der Waals surface area contributed by atoms with Crippen LogP contribution in [0.4, 0.5) is 0 Å². The van der Waals surface area contributed by atoms with E-state index in [9.17, 15) is 4.79 Å². The number of aromatic carboxylic acids is 1. The highest BCUT2D eigenvalue weighted by molar-refractivity contribution is 5.87. The van der Waals surface area contributed by atoms with Gasteiger partial charge in [-0.2, -0.15) is 5.10 Å². The minimum absolute atomic E-state index is 0.283. The number of ether oxygens (including phenoxy) is 1. The summed E-state index contributed by atoms with van der Waals surface area (Å²) in [6.07, 6.45) is 7.94. The molecule has 0 saturated carbocycles. The van der Waals surface area contributed by atoms with Gasteiger partial charge in [0.15, 0.2) is 0 Å². The molecule has 1 aromatic carbocycles. The van der Waals surface area contributed by atoms with Gasteiger partial charge >= 0.3 is 5.97 Å². The Bertz CT molecular complexity index is 628. The fourth-order valence-corrected chi connectivity index (χ4v) is 1.61. The van der Waals surface area contributed by atoms with Gasteiger partial charge in [-0.1, -0.05) is 24.8 Å². The van der Waals surface area contributed by atoms with E-state index < -0.39 is 5.97 Å². The Kier molecular flexibility index (Phi) is 7.33. The maximum absolute atomic E-state index is 10.8. The number of hydrazone groups is 1. The maximum atomic E-state index is 10.8. The quantitative estimate of drug-likeness (QED) is 0.345. The lowest BCUT2D eigenvalue weighted by Crippen LogP contribution is -2.08. The van der Waals surface area contributed by atoms with E-state index in [2.05, 4.69) is 11.7 Å². The zero-order chi connectivity index (χ0) is 17.2. The molecule has 0 aliphatic rings. The fourth-order valence-electron chi connectivity index (χ4n) is 1.61. The van der Waals surface area contributed by atoms with Gasteiger partial charge in [0.05, 0.1) is 12.7 Å². The molecule has 0 aromatic heterocycles. The monoisotopic (exact) mass is 314 g/mol. The molecule has 1 rings (SSSR count). The normalized spacial score (nSPS) is 11.9. The second-order valence-electron chi connectivity index (χ2n) is 4.87. The van der Waals surface area contributed by atoms with Crippen molar-refractivity contribution in [2.75, 3.05) is 14.2 Å². The Morgan fingerprint density at radius 1 is 1.39 bits per heavy atom. The molecule has 1 aromatic rings. The smallest absolute Gasteiger partial charge is 0.335 e. The molecule has 0 bridgehead atoms. The van der Waals surface area contributed by atoms with E-state index in [4.69, 9.17) is 9.84 Å². The van der Waals surface area contributed by atoms with E-state index in [1.54, 1.807) is 48.7 Å². The Labute approximate surface area is 136 Å². The zero-order valence-corrected chi connectivity index (χ0v) is 13.7. The van der Waals surface area contributed by atoms with Gasteiger partial charge in [-0.3, -0.25) is 5.01 Å². The van der Waals surface area contributed by atoms with Crippen molar-refractivity contribution in [2.24, 2.45) is 5.10 Å². The summed E-state index contributed by atoms with van der Waals surface area (Å²) in [5, 5.41) is 14.9. The van der Waals surface area contributed by atoms with Gasteiger partial charge in [0.1, 0.15) is 5.76 Å². The second kappa shape index (κ2) is 9.25. The van der Waals surface area contributed by atoms with Crippen LogP contribution in [0.2, 0.25) is 0 Å². The first-order valence-corrected chi connectivity index (χ1v) is 7.10. The van der Waals surface area contributed by atoms with Crippen molar-refractivity contribution in [3.8, 4) is 0 Å². The second-order valence-corrected chi connectivity index (χ2v) is 4.87. The van der Waals surface area contributed by atoms with E-state index in [1.807, 2.05) is 26.1 Å². The highest BCUT2D eigenvalue weighted by Crippen LogP contribution is 2.06. The predicted octanol–water partition coefficient (Wildman–Crippen LogP) is 3.47. The SMILES string of the molecule is C=C(/C=C\C=C(/C)N(C)/N=C\Cc1ccc(C(=O)O)cc1)OC. The molecule has 0 saturated heterocycles. The van der Waals surface area contributed by atoms with Crippen molar-refractivity contribution < 1.29 is 14.6 Å². The van der Waals surface area contributed by atoms with Gasteiger partial charge < -0.3 is 9.84 Å². The number of allylic oxidation sites excluding steroid dienone is 4. The van der Waals surface area contributed by atoms with E-state index >= 15 is 0 Å². The minimum Gasteiger partial charge on any atom is -0.497 e. The van der Waals surface area contributed by atoms with E-state index in [1.165, 1.54) is 0 Å². The molecule has 0 radical (unpaired) electrons. The Balaban J connectivity index is 2.56. The summed E-state index contributed by atoms with van der Waals surface area (Å²) < 4.78 is 4.94. The van der Waals surface area contributed by atoms with Crippen LogP contribution >= 0.6 is 0 Å².